The Labute approximate surface area is 139 Å². The molecule has 1 amide bonds. The van der Waals surface area contributed by atoms with Gasteiger partial charge in [-0.2, -0.15) is 5.10 Å². The molecule has 0 radical (unpaired) electrons. The molecule has 6 heteroatoms. The number of carboxylic acids is 1. The number of hydrogen-bond acceptors (Lipinski definition) is 3. The smallest absolute Gasteiger partial charge is 0.319 e. The van der Waals surface area contributed by atoms with E-state index < -0.39 is 17.3 Å². The van der Waals surface area contributed by atoms with Crippen LogP contribution in [0.5, 0.6) is 0 Å². The van der Waals surface area contributed by atoms with Crippen LogP contribution in [0.1, 0.15) is 31.5 Å². The lowest BCUT2D eigenvalue weighted by atomic mass is 9.84. The Kier molecular flexibility index (Phi) is 4.20. The van der Waals surface area contributed by atoms with E-state index in [1.807, 2.05) is 42.6 Å². The molecular weight excluding hydrogens is 306 g/mol. The molecule has 0 saturated carbocycles. The molecule has 1 unspecified atom stereocenters. The molecule has 1 atom stereocenters. The van der Waals surface area contributed by atoms with Crippen molar-refractivity contribution in [3.05, 3.63) is 60.4 Å². The van der Waals surface area contributed by atoms with E-state index in [4.69, 9.17) is 0 Å². The fraction of sp³-hybridized carbons (Fsp3) is 0.278. The van der Waals surface area contributed by atoms with Crippen LogP contribution in [0.4, 0.5) is 0 Å². The van der Waals surface area contributed by atoms with E-state index in [-0.39, 0.29) is 18.9 Å². The maximum absolute atomic E-state index is 12.5. The van der Waals surface area contributed by atoms with Gasteiger partial charge in [-0.05, 0) is 38.0 Å². The van der Waals surface area contributed by atoms with Crippen LogP contribution in [-0.4, -0.2) is 26.8 Å². The Morgan fingerprint density at radius 3 is 2.50 bits per heavy atom. The van der Waals surface area contributed by atoms with Crippen molar-refractivity contribution >= 4 is 11.9 Å². The number of aliphatic carboxylic acids is 1. The number of amides is 1. The number of rotatable bonds is 5. The number of allylic oxidation sites excluding steroid dienone is 2. The Morgan fingerprint density at radius 1 is 1.21 bits per heavy atom. The number of carboxylic acid groups (broad SMARTS) is 1. The topological polar surface area (TPSA) is 84.2 Å². The molecule has 1 aliphatic carbocycles. The number of para-hydroxylation sites is 1. The number of nitrogens with zero attached hydrogens (tertiary/aromatic N) is 2. The van der Waals surface area contributed by atoms with Crippen LogP contribution in [0.25, 0.3) is 5.69 Å². The highest BCUT2D eigenvalue weighted by Gasteiger charge is 2.46. The molecule has 0 spiro atoms. The van der Waals surface area contributed by atoms with Crippen molar-refractivity contribution in [1.29, 1.82) is 0 Å². The molecule has 2 N–H and O–H groups in total. The number of benzene rings is 1. The second kappa shape index (κ2) is 6.31. The van der Waals surface area contributed by atoms with Gasteiger partial charge < -0.3 is 10.4 Å². The van der Waals surface area contributed by atoms with Crippen molar-refractivity contribution < 1.29 is 14.7 Å². The summed E-state index contributed by atoms with van der Waals surface area (Å²) in [7, 11) is 0. The van der Waals surface area contributed by atoms with Crippen LogP contribution in [0.3, 0.4) is 0 Å². The molecule has 0 saturated heterocycles. The van der Waals surface area contributed by atoms with E-state index in [1.54, 1.807) is 23.8 Å². The van der Waals surface area contributed by atoms with Gasteiger partial charge in [-0.1, -0.05) is 30.4 Å². The number of hydrogen-bond donors (Lipinski definition) is 2. The molecule has 1 aliphatic rings. The minimum atomic E-state index is -1.39. The molecule has 1 aromatic heterocycles. The van der Waals surface area contributed by atoms with Crippen LogP contribution in [0, 0.1) is 5.41 Å². The lowest BCUT2D eigenvalue weighted by Gasteiger charge is -2.24. The second-order valence-corrected chi connectivity index (χ2v) is 5.98. The summed E-state index contributed by atoms with van der Waals surface area (Å²) < 4.78 is 1.72. The van der Waals surface area contributed by atoms with Crippen LogP contribution in [-0.2, 0) is 9.59 Å². The summed E-state index contributed by atoms with van der Waals surface area (Å²) in [4.78, 5) is 24.1. The van der Waals surface area contributed by atoms with Crippen LogP contribution in [0.15, 0.2) is 54.7 Å². The Balaban J connectivity index is 1.73. The molecule has 1 heterocycles. The lowest BCUT2D eigenvalue weighted by Crippen LogP contribution is -2.45. The zero-order valence-electron chi connectivity index (χ0n) is 13.3. The standard InChI is InChI=1S/C18H19N3O3/c1-13(19-16(22)18(17(23)24)10-5-6-11-18)15-9-12-21(20-15)14-7-3-2-4-8-14/h2-9,12-13H,10-11H2,1H3,(H,19,22)(H,23,24). The monoisotopic (exact) mass is 325 g/mol. The first-order valence-electron chi connectivity index (χ1n) is 7.83. The highest BCUT2D eigenvalue weighted by Crippen LogP contribution is 2.34. The second-order valence-electron chi connectivity index (χ2n) is 5.98. The lowest BCUT2D eigenvalue weighted by molar-refractivity contribution is -0.155. The molecule has 0 aliphatic heterocycles. The highest BCUT2D eigenvalue weighted by molar-refractivity contribution is 6.02. The molecule has 1 aromatic carbocycles. The molecule has 6 nitrogen and oxygen atoms in total. The third-order valence-corrected chi connectivity index (χ3v) is 4.37. The maximum atomic E-state index is 12.5. The average Bonchev–Trinajstić information content (AvgIpc) is 3.26. The maximum Gasteiger partial charge on any atom is 0.319 e. The van der Waals surface area contributed by atoms with Crippen molar-refractivity contribution in [1.82, 2.24) is 15.1 Å². The normalized spacial score (nSPS) is 16.7. The van der Waals surface area contributed by atoms with Gasteiger partial charge in [-0.3, -0.25) is 9.59 Å². The highest BCUT2D eigenvalue weighted by atomic mass is 16.4. The molecule has 24 heavy (non-hydrogen) atoms. The predicted octanol–water partition coefficient (Wildman–Crippen LogP) is 2.47. The molecule has 0 bridgehead atoms. The summed E-state index contributed by atoms with van der Waals surface area (Å²) in [6.45, 7) is 1.80. The number of carbonyl (C=O) groups is 2. The van der Waals surface area contributed by atoms with Crippen molar-refractivity contribution in [3.8, 4) is 5.69 Å². The molecular formula is C18H19N3O3. The Morgan fingerprint density at radius 2 is 1.88 bits per heavy atom. The van der Waals surface area contributed by atoms with E-state index in [1.165, 1.54) is 0 Å². The number of nitrogens with one attached hydrogen (secondary N) is 1. The fourth-order valence-corrected chi connectivity index (χ4v) is 2.81. The zero-order chi connectivity index (χ0) is 17.2. The van der Waals surface area contributed by atoms with Gasteiger partial charge in [0, 0.05) is 6.20 Å². The molecule has 0 fully saturated rings. The Hall–Kier alpha value is -2.89. The fourth-order valence-electron chi connectivity index (χ4n) is 2.81. The van der Waals surface area contributed by atoms with Crippen LogP contribution in [0.2, 0.25) is 0 Å². The largest absolute Gasteiger partial charge is 0.480 e. The summed E-state index contributed by atoms with van der Waals surface area (Å²) in [5.41, 5.74) is 0.207. The van der Waals surface area contributed by atoms with Gasteiger partial charge in [0.2, 0.25) is 5.91 Å². The summed E-state index contributed by atoms with van der Waals surface area (Å²) in [5, 5.41) is 16.7. The van der Waals surface area contributed by atoms with Gasteiger partial charge >= 0.3 is 5.97 Å². The number of aromatic nitrogens is 2. The first-order valence-corrected chi connectivity index (χ1v) is 7.83. The van der Waals surface area contributed by atoms with Gasteiger partial charge in [-0.15, -0.1) is 0 Å². The average molecular weight is 325 g/mol. The molecule has 2 aromatic rings. The van der Waals surface area contributed by atoms with Crippen molar-refractivity contribution in [2.45, 2.75) is 25.8 Å². The Bertz CT molecular complexity index is 772. The summed E-state index contributed by atoms with van der Waals surface area (Å²) in [5.74, 6) is -1.56. The SMILES string of the molecule is CC(NC(=O)C1(C(=O)O)CC=CC1)c1ccn(-c2ccccc2)n1. The van der Waals surface area contributed by atoms with Crippen molar-refractivity contribution in [2.24, 2.45) is 5.41 Å². The zero-order valence-corrected chi connectivity index (χ0v) is 13.3. The number of carbonyl (C=O) groups excluding carboxylic acids is 1. The summed E-state index contributed by atoms with van der Waals surface area (Å²) in [6, 6.07) is 11.1. The van der Waals surface area contributed by atoms with Crippen molar-refractivity contribution in [3.63, 3.8) is 0 Å². The first-order chi connectivity index (χ1) is 11.5. The van der Waals surface area contributed by atoms with Crippen LogP contribution < -0.4 is 5.32 Å². The quantitative estimate of drug-likeness (QED) is 0.653. The summed E-state index contributed by atoms with van der Waals surface area (Å²) >= 11 is 0. The van der Waals surface area contributed by atoms with Gasteiger partial charge in [0.25, 0.3) is 0 Å². The van der Waals surface area contributed by atoms with E-state index >= 15 is 0 Å². The van der Waals surface area contributed by atoms with E-state index in [2.05, 4.69) is 10.4 Å². The van der Waals surface area contributed by atoms with Gasteiger partial charge in [0.05, 0.1) is 17.4 Å². The minimum absolute atomic E-state index is 0.222. The predicted molar refractivity (Wildman–Crippen MR) is 88.6 cm³/mol. The minimum Gasteiger partial charge on any atom is -0.480 e. The van der Waals surface area contributed by atoms with Crippen LogP contribution >= 0.6 is 0 Å². The third kappa shape index (κ3) is 2.82. The third-order valence-electron chi connectivity index (χ3n) is 4.37. The summed E-state index contributed by atoms with van der Waals surface area (Å²) in [6.07, 6.45) is 5.74. The van der Waals surface area contributed by atoms with Crippen molar-refractivity contribution in [2.75, 3.05) is 0 Å². The van der Waals surface area contributed by atoms with E-state index in [9.17, 15) is 14.7 Å². The molecule has 3 rings (SSSR count). The van der Waals surface area contributed by atoms with Gasteiger partial charge in [0.1, 0.15) is 0 Å². The van der Waals surface area contributed by atoms with Gasteiger partial charge in [0.15, 0.2) is 5.41 Å². The van der Waals surface area contributed by atoms with E-state index in [0.29, 0.717) is 5.69 Å². The van der Waals surface area contributed by atoms with Gasteiger partial charge in [-0.25, -0.2) is 4.68 Å². The first kappa shape index (κ1) is 16.0. The molecule has 124 valence electrons. The van der Waals surface area contributed by atoms with E-state index in [0.717, 1.165) is 5.69 Å².